The molecule has 3 heteroatoms. The van der Waals surface area contributed by atoms with Gasteiger partial charge in [-0.1, -0.05) is 32.7 Å². The second-order valence-electron chi connectivity index (χ2n) is 4.49. The summed E-state index contributed by atoms with van der Waals surface area (Å²) < 4.78 is 5.79. The van der Waals surface area contributed by atoms with Gasteiger partial charge in [-0.15, -0.1) is 0 Å². The van der Waals surface area contributed by atoms with E-state index in [1.54, 1.807) is 0 Å². The Morgan fingerprint density at radius 1 is 1.27 bits per heavy atom. The standard InChI is InChI=1S/C8H22OSi2/c1-7-9-8(10(2)3)11(4,5)6/h8,10H,7H2,1-6H3. The lowest BCUT2D eigenvalue weighted by molar-refractivity contribution is 0.157. The van der Waals surface area contributed by atoms with E-state index in [-0.39, 0.29) is 0 Å². The summed E-state index contributed by atoms with van der Waals surface area (Å²) in [5, 5.41) is 0.660. The van der Waals surface area contributed by atoms with Crippen LogP contribution in [0.25, 0.3) is 0 Å². The lowest BCUT2D eigenvalue weighted by Gasteiger charge is -2.31. The highest BCUT2D eigenvalue weighted by atomic mass is 28.4. The van der Waals surface area contributed by atoms with Gasteiger partial charge in [-0.2, -0.15) is 0 Å². The molecule has 0 aromatic carbocycles. The molecule has 1 unspecified atom stereocenters. The first-order valence-electron chi connectivity index (χ1n) is 4.51. The lowest BCUT2D eigenvalue weighted by Crippen LogP contribution is -2.48. The molecular formula is C8H22OSi2. The number of hydrogen-bond acceptors (Lipinski definition) is 1. The van der Waals surface area contributed by atoms with Crippen LogP contribution in [0.3, 0.4) is 0 Å². The summed E-state index contributed by atoms with van der Waals surface area (Å²) in [6, 6.07) is 0. The topological polar surface area (TPSA) is 9.23 Å². The minimum absolute atomic E-state index is 0.589. The molecule has 0 aromatic rings. The van der Waals surface area contributed by atoms with Crippen LogP contribution >= 0.6 is 0 Å². The van der Waals surface area contributed by atoms with Gasteiger partial charge in [-0.25, -0.2) is 0 Å². The third-order valence-corrected chi connectivity index (χ3v) is 10.1. The summed E-state index contributed by atoms with van der Waals surface area (Å²) in [6.45, 7) is 15.0. The van der Waals surface area contributed by atoms with Crippen LogP contribution in [0.15, 0.2) is 0 Å². The molecule has 68 valence electrons. The maximum Gasteiger partial charge on any atom is 0.0741 e. The van der Waals surface area contributed by atoms with Crippen molar-refractivity contribution in [3.63, 3.8) is 0 Å². The minimum Gasteiger partial charge on any atom is -0.385 e. The van der Waals surface area contributed by atoms with Crippen molar-refractivity contribution in [3.8, 4) is 0 Å². The molecule has 0 saturated heterocycles. The Morgan fingerprint density at radius 3 is 1.82 bits per heavy atom. The van der Waals surface area contributed by atoms with E-state index < -0.39 is 16.9 Å². The molecule has 0 aliphatic rings. The van der Waals surface area contributed by atoms with E-state index in [1.807, 2.05) is 0 Å². The Kier molecular flexibility index (Phi) is 4.59. The monoisotopic (exact) mass is 190 g/mol. The van der Waals surface area contributed by atoms with Crippen molar-refractivity contribution in [3.05, 3.63) is 0 Å². The second-order valence-corrected chi connectivity index (χ2v) is 13.5. The average molecular weight is 190 g/mol. The zero-order chi connectivity index (χ0) is 9.07. The minimum atomic E-state index is -1.03. The van der Waals surface area contributed by atoms with E-state index in [1.165, 1.54) is 0 Å². The third-order valence-electron chi connectivity index (χ3n) is 1.81. The molecule has 0 aliphatic carbocycles. The van der Waals surface area contributed by atoms with Crippen molar-refractivity contribution >= 4 is 16.9 Å². The average Bonchev–Trinajstić information content (AvgIpc) is 1.79. The SMILES string of the molecule is CCOC([SiH](C)C)[Si](C)(C)C. The van der Waals surface area contributed by atoms with E-state index in [0.717, 1.165) is 6.61 Å². The van der Waals surface area contributed by atoms with Crippen molar-refractivity contribution in [1.29, 1.82) is 0 Å². The van der Waals surface area contributed by atoms with Crippen LogP contribution in [0, 0.1) is 0 Å². The van der Waals surface area contributed by atoms with Crippen molar-refractivity contribution < 1.29 is 4.74 Å². The molecule has 1 atom stereocenters. The molecule has 0 saturated carbocycles. The first-order valence-corrected chi connectivity index (χ1v) is 11.1. The lowest BCUT2D eigenvalue weighted by atomic mass is 10.9. The zero-order valence-electron chi connectivity index (χ0n) is 8.77. The van der Waals surface area contributed by atoms with E-state index in [0.29, 0.717) is 5.35 Å². The number of hydrogen-bond donors (Lipinski definition) is 0. The van der Waals surface area contributed by atoms with Gasteiger partial charge in [0.1, 0.15) is 0 Å². The Morgan fingerprint density at radius 2 is 1.73 bits per heavy atom. The molecule has 0 radical (unpaired) electrons. The van der Waals surface area contributed by atoms with Gasteiger partial charge in [0.15, 0.2) is 0 Å². The molecule has 0 fully saturated rings. The first-order chi connectivity index (χ1) is 4.89. The van der Waals surface area contributed by atoms with E-state index in [4.69, 9.17) is 4.74 Å². The third kappa shape index (κ3) is 4.08. The van der Waals surface area contributed by atoms with Crippen LogP contribution in [0.4, 0.5) is 0 Å². The molecule has 11 heavy (non-hydrogen) atoms. The van der Waals surface area contributed by atoms with Gasteiger partial charge in [0.2, 0.25) is 0 Å². The molecular weight excluding hydrogens is 168 g/mol. The fourth-order valence-corrected chi connectivity index (χ4v) is 10.9. The highest BCUT2D eigenvalue weighted by Crippen LogP contribution is 2.14. The van der Waals surface area contributed by atoms with E-state index in [9.17, 15) is 0 Å². The van der Waals surface area contributed by atoms with E-state index in [2.05, 4.69) is 39.7 Å². The van der Waals surface area contributed by atoms with Gasteiger partial charge in [-0.05, 0) is 6.92 Å². The van der Waals surface area contributed by atoms with Gasteiger partial charge in [0, 0.05) is 12.0 Å². The number of rotatable bonds is 4. The Hall–Kier alpha value is 0.394. The molecule has 0 amide bonds. The van der Waals surface area contributed by atoms with Crippen LogP contribution in [0.5, 0.6) is 0 Å². The van der Waals surface area contributed by atoms with Crippen LogP contribution in [0.1, 0.15) is 6.92 Å². The molecule has 0 aromatic heterocycles. The van der Waals surface area contributed by atoms with E-state index >= 15 is 0 Å². The predicted octanol–water partition coefficient (Wildman–Crippen LogP) is 2.29. The van der Waals surface area contributed by atoms with Crippen molar-refractivity contribution in [2.75, 3.05) is 6.61 Å². The summed E-state index contributed by atoms with van der Waals surface area (Å²) >= 11 is 0. The Labute approximate surface area is 73.8 Å². The van der Waals surface area contributed by atoms with Crippen molar-refractivity contribution in [1.82, 2.24) is 0 Å². The quantitative estimate of drug-likeness (QED) is 0.618. The summed E-state index contributed by atoms with van der Waals surface area (Å²) in [5.41, 5.74) is 0. The number of ether oxygens (including phenoxy) is 1. The van der Waals surface area contributed by atoms with Crippen LogP contribution in [-0.4, -0.2) is 28.8 Å². The van der Waals surface area contributed by atoms with Gasteiger partial charge in [-0.3, -0.25) is 0 Å². The van der Waals surface area contributed by atoms with Crippen LogP contribution in [-0.2, 0) is 4.74 Å². The fourth-order valence-electron chi connectivity index (χ4n) is 1.62. The maximum atomic E-state index is 5.79. The second kappa shape index (κ2) is 4.43. The molecule has 0 rings (SSSR count). The zero-order valence-corrected chi connectivity index (χ0v) is 10.9. The van der Waals surface area contributed by atoms with Gasteiger partial charge >= 0.3 is 0 Å². The molecule has 0 aliphatic heterocycles. The predicted molar refractivity (Wildman–Crippen MR) is 57.6 cm³/mol. The summed E-state index contributed by atoms with van der Waals surface area (Å²) in [6.07, 6.45) is 0. The highest BCUT2D eigenvalue weighted by molar-refractivity contribution is 6.88. The maximum absolute atomic E-state index is 5.79. The van der Waals surface area contributed by atoms with Crippen molar-refractivity contribution in [2.24, 2.45) is 0 Å². The van der Waals surface area contributed by atoms with Crippen LogP contribution < -0.4 is 0 Å². The molecule has 0 heterocycles. The summed E-state index contributed by atoms with van der Waals surface area (Å²) in [4.78, 5) is 0. The molecule has 0 spiro atoms. The van der Waals surface area contributed by atoms with Gasteiger partial charge < -0.3 is 4.74 Å². The van der Waals surface area contributed by atoms with Crippen LogP contribution in [0.2, 0.25) is 32.7 Å². The smallest absolute Gasteiger partial charge is 0.0741 e. The molecule has 0 bridgehead atoms. The Bertz CT molecular complexity index is 107. The Balaban J connectivity index is 4.10. The highest BCUT2D eigenvalue weighted by Gasteiger charge is 2.30. The summed E-state index contributed by atoms with van der Waals surface area (Å²) in [5.74, 6) is 0. The molecule has 0 N–H and O–H groups in total. The van der Waals surface area contributed by atoms with Crippen molar-refractivity contribution in [2.45, 2.75) is 45.0 Å². The molecule has 1 nitrogen and oxygen atoms in total. The fraction of sp³-hybridized carbons (Fsp3) is 1.00. The summed E-state index contributed by atoms with van der Waals surface area (Å²) in [7, 11) is -1.62. The normalized spacial score (nSPS) is 15.5. The largest absolute Gasteiger partial charge is 0.385 e. The first kappa shape index (κ1) is 11.4. The van der Waals surface area contributed by atoms with Gasteiger partial charge in [0.05, 0.1) is 16.9 Å². The van der Waals surface area contributed by atoms with Gasteiger partial charge in [0.25, 0.3) is 0 Å².